The molecule has 1 aliphatic heterocycles. The molecular weight excluding hydrogens is 245 g/mol. The predicted octanol–water partition coefficient (Wildman–Crippen LogP) is 2.57. The van der Waals surface area contributed by atoms with Gasteiger partial charge in [-0.05, 0) is 26.0 Å². The fourth-order valence-electron chi connectivity index (χ4n) is 2.55. The van der Waals surface area contributed by atoms with Crippen LogP contribution in [0.3, 0.4) is 0 Å². The Kier molecular flexibility index (Phi) is 4.42. The minimum atomic E-state index is -1.43. The lowest BCUT2D eigenvalue weighted by Crippen LogP contribution is -2.44. The normalized spacial score (nSPS) is 22.8. The standard InChI is InChI=1S/C15H22FNO2/c1-11-4-5-14(18-3)13(8-11)15(2,16)9-12-10-19-7-6-17-12/h4-5,8,12,17H,6-7,9-10H2,1-3H3. The maximum Gasteiger partial charge on any atom is 0.138 e. The maximum atomic E-state index is 15.1. The number of methoxy groups -OCH3 is 1. The molecule has 1 heterocycles. The molecule has 0 aliphatic carbocycles. The fourth-order valence-corrected chi connectivity index (χ4v) is 2.55. The van der Waals surface area contributed by atoms with E-state index in [0.717, 1.165) is 12.1 Å². The monoisotopic (exact) mass is 267 g/mol. The largest absolute Gasteiger partial charge is 0.496 e. The van der Waals surface area contributed by atoms with Gasteiger partial charge in [0.2, 0.25) is 0 Å². The minimum absolute atomic E-state index is 0.0500. The summed E-state index contributed by atoms with van der Waals surface area (Å²) in [5.74, 6) is 0.604. The van der Waals surface area contributed by atoms with Crippen LogP contribution >= 0.6 is 0 Å². The average molecular weight is 267 g/mol. The highest BCUT2D eigenvalue weighted by atomic mass is 19.1. The van der Waals surface area contributed by atoms with Crippen molar-refractivity contribution >= 4 is 0 Å². The summed E-state index contributed by atoms with van der Waals surface area (Å²) in [4.78, 5) is 0. The third kappa shape index (κ3) is 3.45. The quantitative estimate of drug-likeness (QED) is 0.909. The van der Waals surface area contributed by atoms with Gasteiger partial charge in [-0.2, -0.15) is 0 Å². The van der Waals surface area contributed by atoms with Crippen LogP contribution in [0.1, 0.15) is 24.5 Å². The highest BCUT2D eigenvalue weighted by molar-refractivity contribution is 5.40. The Hall–Kier alpha value is -1.13. The summed E-state index contributed by atoms with van der Waals surface area (Å²) in [5.41, 5.74) is 0.213. The van der Waals surface area contributed by atoms with Gasteiger partial charge in [-0.25, -0.2) is 4.39 Å². The van der Waals surface area contributed by atoms with Crippen molar-refractivity contribution in [2.45, 2.75) is 32.0 Å². The lowest BCUT2D eigenvalue weighted by molar-refractivity contribution is 0.0468. The van der Waals surface area contributed by atoms with Gasteiger partial charge < -0.3 is 14.8 Å². The van der Waals surface area contributed by atoms with Gasteiger partial charge in [-0.3, -0.25) is 0 Å². The molecule has 0 spiro atoms. The molecule has 2 atom stereocenters. The first-order chi connectivity index (χ1) is 9.03. The van der Waals surface area contributed by atoms with Crippen molar-refractivity contribution in [2.24, 2.45) is 0 Å². The summed E-state index contributed by atoms with van der Waals surface area (Å²) >= 11 is 0. The van der Waals surface area contributed by atoms with Gasteiger partial charge >= 0.3 is 0 Å². The van der Waals surface area contributed by atoms with Gasteiger partial charge in [0.15, 0.2) is 0 Å². The smallest absolute Gasteiger partial charge is 0.138 e. The van der Waals surface area contributed by atoms with Crippen molar-refractivity contribution in [3.8, 4) is 5.75 Å². The van der Waals surface area contributed by atoms with Crippen molar-refractivity contribution < 1.29 is 13.9 Å². The molecule has 106 valence electrons. The summed E-state index contributed by atoms with van der Waals surface area (Å²) in [5, 5.41) is 3.29. The molecule has 0 amide bonds. The first kappa shape index (κ1) is 14.3. The van der Waals surface area contributed by atoms with E-state index in [1.165, 1.54) is 0 Å². The number of benzene rings is 1. The van der Waals surface area contributed by atoms with Crippen molar-refractivity contribution in [1.82, 2.24) is 5.32 Å². The van der Waals surface area contributed by atoms with E-state index >= 15 is 4.39 Å². The Morgan fingerprint density at radius 3 is 2.95 bits per heavy atom. The Balaban J connectivity index is 2.19. The Labute approximate surface area is 114 Å². The number of morpholine rings is 1. The van der Waals surface area contributed by atoms with Crippen LogP contribution < -0.4 is 10.1 Å². The van der Waals surface area contributed by atoms with Gasteiger partial charge in [0.05, 0.1) is 20.3 Å². The number of alkyl halides is 1. The van der Waals surface area contributed by atoms with E-state index in [1.807, 2.05) is 25.1 Å². The zero-order chi connectivity index (χ0) is 13.9. The number of ether oxygens (including phenoxy) is 2. The number of halogens is 1. The molecule has 1 N–H and O–H groups in total. The van der Waals surface area contributed by atoms with Crippen molar-refractivity contribution in [2.75, 3.05) is 26.9 Å². The molecule has 2 unspecified atom stereocenters. The lowest BCUT2D eigenvalue weighted by atomic mass is 9.89. The molecule has 2 rings (SSSR count). The Bertz CT molecular complexity index is 428. The van der Waals surface area contributed by atoms with E-state index in [2.05, 4.69) is 5.32 Å². The molecule has 1 saturated heterocycles. The number of hydrogen-bond acceptors (Lipinski definition) is 3. The molecule has 0 bridgehead atoms. The van der Waals surface area contributed by atoms with Crippen LogP contribution in [0, 0.1) is 6.92 Å². The highest BCUT2D eigenvalue weighted by Crippen LogP contribution is 2.37. The number of nitrogens with one attached hydrogen (secondary N) is 1. The molecule has 1 aromatic carbocycles. The van der Waals surface area contributed by atoms with Crippen LogP contribution in [-0.2, 0) is 10.4 Å². The molecule has 0 saturated carbocycles. The van der Waals surface area contributed by atoms with Crippen molar-refractivity contribution in [3.05, 3.63) is 29.3 Å². The van der Waals surface area contributed by atoms with Crippen LogP contribution in [0.5, 0.6) is 5.75 Å². The first-order valence-corrected chi connectivity index (χ1v) is 6.68. The lowest BCUT2D eigenvalue weighted by Gasteiger charge is -2.31. The van der Waals surface area contributed by atoms with Crippen LogP contribution in [-0.4, -0.2) is 32.9 Å². The molecule has 19 heavy (non-hydrogen) atoms. The van der Waals surface area contributed by atoms with Gasteiger partial charge in [0, 0.05) is 24.6 Å². The third-order valence-electron chi connectivity index (χ3n) is 3.54. The second-order valence-corrected chi connectivity index (χ2v) is 5.33. The van der Waals surface area contributed by atoms with Crippen LogP contribution in [0.4, 0.5) is 4.39 Å². The predicted molar refractivity (Wildman–Crippen MR) is 73.4 cm³/mol. The summed E-state index contributed by atoms with van der Waals surface area (Å²) < 4.78 is 25.7. The second kappa shape index (κ2) is 5.88. The van der Waals surface area contributed by atoms with Crippen LogP contribution in [0.2, 0.25) is 0 Å². The molecule has 1 aromatic rings. The highest BCUT2D eigenvalue weighted by Gasteiger charge is 2.33. The van der Waals surface area contributed by atoms with E-state index in [0.29, 0.717) is 30.9 Å². The first-order valence-electron chi connectivity index (χ1n) is 6.68. The summed E-state index contributed by atoms with van der Waals surface area (Å²) in [6.07, 6.45) is 0.382. The van der Waals surface area contributed by atoms with Crippen LogP contribution in [0.15, 0.2) is 18.2 Å². The van der Waals surface area contributed by atoms with Crippen molar-refractivity contribution in [1.29, 1.82) is 0 Å². The van der Waals surface area contributed by atoms with Gasteiger partial charge in [0.25, 0.3) is 0 Å². The molecule has 3 nitrogen and oxygen atoms in total. The Morgan fingerprint density at radius 1 is 1.53 bits per heavy atom. The number of rotatable bonds is 4. The molecule has 0 radical (unpaired) electrons. The third-order valence-corrected chi connectivity index (χ3v) is 3.54. The van der Waals surface area contributed by atoms with E-state index in [9.17, 15) is 0 Å². The SMILES string of the molecule is COc1ccc(C)cc1C(C)(F)CC1COCCN1. The van der Waals surface area contributed by atoms with E-state index < -0.39 is 5.67 Å². The summed E-state index contributed by atoms with van der Waals surface area (Å²) in [7, 11) is 1.58. The molecule has 4 heteroatoms. The van der Waals surface area contributed by atoms with E-state index in [-0.39, 0.29) is 6.04 Å². The van der Waals surface area contributed by atoms with Gasteiger partial charge in [0.1, 0.15) is 11.4 Å². The van der Waals surface area contributed by atoms with E-state index in [4.69, 9.17) is 9.47 Å². The van der Waals surface area contributed by atoms with Gasteiger partial charge in [-0.1, -0.05) is 11.6 Å². The molecule has 0 aromatic heterocycles. The van der Waals surface area contributed by atoms with E-state index in [1.54, 1.807) is 14.0 Å². The zero-order valence-electron chi connectivity index (χ0n) is 11.8. The fraction of sp³-hybridized carbons (Fsp3) is 0.600. The second-order valence-electron chi connectivity index (χ2n) is 5.33. The maximum absolute atomic E-state index is 15.1. The Morgan fingerprint density at radius 2 is 2.32 bits per heavy atom. The molecule has 1 aliphatic rings. The average Bonchev–Trinajstić information content (AvgIpc) is 2.39. The number of aryl methyl sites for hydroxylation is 1. The van der Waals surface area contributed by atoms with Crippen molar-refractivity contribution in [3.63, 3.8) is 0 Å². The summed E-state index contributed by atoms with van der Waals surface area (Å²) in [6.45, 7) is 5.62. The molecule has 1 fully saturated rings. The van der Waals surface area contributed by atoms with Crippen LogP contribution in [0.25, 0.3) is 0 Å². The van der Waals surface area contributed by atoms with Gasteiger partial charge in [-0.15, -0.1) is 0 Å². The zero-order valence-corrected chi connectivity index (χ0v) is 11.8. The topological polar surface area (TPSA) is 30.5 Å². The minimum Gasteiger partial charge on any atom is -0.496 e. The summed E-state index contributed by atoms with van der Waals surface area (Å²) in [6, 6.07) is 5.67. The number of hydrogen-bond donors (Lipinski definition) is 1. The molecular formula is C15H22FNO2.